The van der Waals surface area contributed by atoms with E-state index in [9.17, 15) is 9.59 Å². The number of allylic oxidation sites excluding steroid dienone is 1. The van der Waals surface area contributed by atoms with Crippen LogP contribution in [0.3, 0.4) is 0 Å². The van der Waals surface area contributed by atoms with Gasteiger partial charge < -0.3 is 21.4 Å². The number of nitrogens with one attached hydrogen (secondary N) is 2. The van der Waals surface area contributed by atoms with Crippen molar-refractivity contribution in [3.05, 3.63) is 11.8 Å². The fourth-order valence-corrected chi connectivity index (χ4v) is 1.70. The lowest BCUT2D eigenvalue weighted by molar-refractivity contribution is 0.252. The molecule has 0 radical (unpaired) electrons. The molecule has 0 saturated heterocycles. The Kier molecular flexibility index (Phi) is 3.84. The Morgan fingerprint density at radius 3 is 1.75 bits per heavy atom. The summed E-state index contributed by atoms with van der Waals surface area (Å²) in [6, 6.07) is -1.38. The first kappa shape index (κ1) is 10.5. The quantitative estimate of drug-likeness (QED) is 0.411. The fraction of sp³-hybridized carbons (Fsp3) is 0.200. The van der Waals surface area contributed by atoms with Crippen molar-refractivity contribution >= 4 is 21.2 Å². The van der Waals surface area contributed by atoms with Crippen LogP contribution in [0.1, 0.15) is 6.92 Å². The lowest BCUT2D eigenvalue weighted by Crippen LogP contribution is -2.56. The highest BCUT2D eigenvalue weighted by Gasteiger charge is 2.14. The van der Waals surface area contributed by atoms with E-state index in [4.69, 9.17) is 11.5 Å². The first-order valence-electron chi connectivity index (χ1n) is 3.21. The molecule has 0 bridgehead atoms. The van der Waals surface area contributed by atoms with Crippen LogP contribution in [-0.4, -0.2) is 21.2 Å². The summed E-state index contributed by atoms with van der Waals surface area (Å²) in [6.07, 6.45) is 0. The summed E-state index contributed by atoms with van der Waals surface area (Å²) in [5.74, 6) is 0. The van der Waals surface area contributed by atoms with Crippen LogP contribution in [0.2, 0.25) is 0 Å². The molecule has 0 atom stereocenters. The van der Waals surface area contributed by atoms with E-state index in [0.717, 1.165) is 0 Å². The lowest BCUT2D eigenvalue weighted by Gasteiger charge is -2.14. The molecule has 0 aromatic carbocycles. The van der Waals surface area contributed by atoms with Gasteiger partial charge in [0.15, 0.2) is 0 Å². The molecule has 0 aliphatic heterocycles. The van der Waals surface area contributed by atoms with Gasteiger partial charge in [-0.2, -0.15) is 0 Å². The number of primary amides is 2. The van der Waals surface area contributed by atoms with Gasteiger partial charge in [-0.05, 0) is 6.92 Å². The second-order valence-electron chi connectivity index (χ2n) is 2.30. The molecule has 7 heteroatoms. The van der Waals surface area contributed by atoms with Crippen LogP contribution in [0.15, 0.2) is 11.8 Å². The summed E-state index contributed by atoms with van der Waals surface area (Å²) in [5, 5.41) is 0.674. The van der Waals surface area contributed by atoms with Crippen LogP contribution in [0.25, 0.3) is 0 Å². The lowest BCUT2D eigenvalue weighted by atomic mass is 10.8. The average Bonchev–Trinajstić information content (AvgIpc) is 1.83. The Bertz CT molecular complexity index is 201. The second kappa shape index (κ2) is 4.39. The molecule has 68 valence electrons. The minimum absolute atomic E-state index is 0.674. The molecule has 0 aromatic heterocycles. The second-order valence-corrected chi connectivity index (χ2v) is 4.73. The number of carbonyl (C=O) groups excluding carboxylic acids is 2. The molecule has 4 amide bonds. The highest BCUT2D eigenvalue weighted by atomic mass is 28.3. The summed E-state index contributed by atoms with van der Waals surface area (Å²) >= 11 is 0. The first-order valence-corrected chi connectivity index (χ1v) is 4.94. The normalized spacial score (nSPS) is 9.17. The molecular weight excluding hydrogens is 176 g/mol. The maximum atomic E-state index is 10.4. The molecule has 0 heterocycles. The van der Waals surface area contributed by atoms with Crippen LogP contribution in [0.5, 0.6) is 0 Å². The van der Waals surface area contributed by atoms with E-state index in [1.807, 2.05) is 0 Å². The van der Waals surface area contributed by atoms with Gasteiger partial charge in [0.2, 0.25) is 0 Å². The van der Waals surface area contributed by atoms with E-state index in [2.05, 4.69) is 16.5 Å². The molecule has 6 N–H and O–H groups in total. The molecule has 0 aliphatic rings. The van der Waals surface area contributed by atoms with Crippen molar-refractivity contribution in [3.63, 3.8) is 0 Å². The van der Waals surface area contributed by atoms with E-state index in [1.165, 1.54) is 0 Å². The van der Waals surface area contributed by atoms with Gasteiger partial charge in [0.05, 0.1) is 0 Å². The minimum atomic E-state index is -2.07. The monoisotopic (exact) mass is 188 g/mol. The van der Waals surface area contributed by atoms with E-state index in [-0.39, 0.29) is 0 Å². The Morgan fingerprint density at radius 1 is 1.25 bits per heavy atom. The van der Waals surface area contributed by atoms with Gasteiger partial charge in [-0.1, -0.05) is 5.20 Å². The maximum Gasteiger partial charge on any atom is 0.305 e. The Labute approximate surface area is 71.7 Å². The van der Waals surface area contributed by atoms with Crippen LogP contribution >= 0.6 is 0 Å². The van der Waals surface area contributed by atoms with Gasteiger partial charge in [0.1, 0.15) is 0 Å². The zero-order valence-electron chi connectivity index (χ0n) is 6.76. The Balaban J connectivity index is 4.14. The van der Waals surface area contributed by atoms with Crippen LogP contribution in [-0.2, 0) is 0 Å². The molecule has 0 aromatic rings. The van der Waals surface area contributed by atoms with Gasteiger partial charge in [-0.15, -0.1) is 6.58 Å². The topological polar surface area (TPSA) is 110 Å². The van der Waals surface area contributed by atoms with Crippen molar-refractivity contribution in [1.82, 2.24) is 9.96 Å². The number of hydrogen-bond acceptors (Lipinski definition) is 2. The fourth-order valence-electron chi connectivity index (χ4n) is 0.567. The predicted molar refractivity (Wildman–Crippen MR) is 47.4 cm³/mol. The standard InChI is InChI=1S/C5H12N4O2Si/c1-3(2)12(8-4(6)10)9-5(7)11/h12H,1H2,2H3,(H3,6,8,10)(H3,7,9,11). The van der Waals surface area contributed by atoms with Crippen molar-refractivity contribution in [3.8, 4) is 0 Å². The third kappa shape index (κ3) is 4.33. The molecule has 0 spiro atoms. The van der Waals surface area contributed by atoms with E-state index >= 15 is 0 Å². The highest BCUT2D eigenvalue weighted by molar-refractivity contribution is 6.66. The van der Waals surface area contributed by atoms with Crippen molar-refractivity contribution < 1.29 is 9.59 Å². The molecule has 0 fully saturated rings. The number of amides is 4. The van der Waals surface area contributed by atoms with Crippen LogP contribution in [0.4, 0.5) is 9.59 Å². The van der Waals surface area contributed by atoms with Gasteiger partial charge in [-0.25, -0.2) is 9.59 Å². The molecule has 0 rings (SSSR count). The van der Waals surface area contributed by atoms with Crippen molar-refractivity contribution in [2.24, 2.45) is 11.5 Å². The third-order valence-corrected chi connectivity index (χ3v) is 3.20. The first-order chi connectivity index (χ1) is 5.43. The predicted octanol–water partition coefficient (Wildman–Crippen LogP) is -1.34. The number of rotatable bonds is 3. The van der Waals surface area contributed by atoms with Gasteiger partial charge in [-0.3, -0.25) is 0 Å². The van der Waals surface area contributed by atoms with E-state index < -0.39 is 21.2 Å². The zero-order chi connectivity index (χ0) is 9.72. The number of urea groups is 2. The molecule has 0 aliphatic carbocycles. The van der Waals surface area contributed by atoms with Gasteiger partial charge in [0.25, 0.3) is 9.12 Å². The number of hydrogen-bond donors (Lipinski definition) is 4. The van der Waals surface area contributed by atoms with E-state index in [0.29, 0.717) is 5.20 Å². The van der Waals surface area contributed by atoms with Crippen molar-refractivity contribution in [2.75, 3.05) is 0 Å². The van der Waals surface area contributed by atoms with Crippen molar-refractivity contribution in [2.45, 2.75) is 6.92 Å². The molecular formula is C5H12N4O2Si. The van der Waals surface area contributed by atoms with Gasteiger partial charge in [0, 0.05) is 0 Å². The average molecular weight is 188 g/mol. The van der Waals surface area contributed by atoms with Crippen LogP contribution < -0.4 is 21.4 Å². The van der Waals surface area contributed by atoms with Crippen LogP contribution in [0, 0.1) is 0 Å². The van der Waals surface area contributed by atoms with Gasteiger partial charge >= 0.3 is 12.1 Å². The summed E-state index contributed by atoms with van der Waals surface area (Å²) in [5.41, 5.74) is 9.72. The molecule has 6 nitrogen and oxygen atoms in total. The summed E-state index contributed by atoms with van der Waals surface area (Å²) in [7, 11) is -2.07. The van der Waals surface area contributed by atoms with E-state index in [1.54, 1.807) is 6.92 Å². The Morgan fingerprint density at radius 2 is 1.58 bits per heavy atom. The third-order valence-electron chi connectivity index (χ3n) is 1.07. The smallest absolute Gasteiger partial charge is 0.305 e. The largest absolute Gasteiger partial charge is 0.352 e. The SMILES string of the molecule is C=C(C)[SiH](NC(N)=O)NC(N)=O. The summed E-state index contributed by atoms with van der Waals surface area (Å²) in [6.45, 7) is 5.27. The Hall–Kier alpha value is -1.50. The summed E-state index contributed by atoms with van der Waals surface area (Å²) < 4.78 is 0. The minimum Gasteiger partial charge on any atom is -0.352 e. The molecule has 12 heavy (non-hydrogen) atoms. The molecule has 0 saturated carbocycles. The number of nitrogens with two attached hydrogens (primary N) is 2. The zero-order valence-corrected chi connectivity index (χ0v) is 7.91. The maximum absolute atomic E-state index is 10.4. The summed E-state index contributed by atoms with van der Waals surface area (Å²) in [4.78, 5) is 25.6. The van der Waals surface area contributed by atoms with Crippen molar-refractivity contribution in [1.29, 1.82) is 0 Å². The highest BCUT2D eigenvalue weighted by Crippen LogP contribution is 1.87. The number of carbonyl (C=O) groups is 2. The molecule has 0 unspecified atom stereocenters.